The zero-order valence-corrected chi connectivity index (χ0v) is 15.8. The number of halogens is 1. The fourth-order valence-corrected chi connectivity index (χ4v) is 4.91. The maximum Gasteiger partial charge on any atom is 0.267 e. The highest BCUT2D eigenvalue weighted by molar-refractivity contribution is 7.21. The third-order valence-electron chi connectivity index (χ3n) is 4.76. The summed E-state index contributed by atoms with van der Waals surface area (Å²) in [7, 11) is 0. The van der Waals surface area contributed by atoms with Crippen LogP contribution in [-0.4, -0.2) is 5.91 Å². The average Bonchev–Trinajstić information content (AvgIpc) is 3.05. The molecule has 4 heteroatoms. The second kappa shape index (κ2) is 6.38. The van der Waals surface area contributed by atoms with Crippen molar-refractivity contribution < 1.29 is 4.79 Å². The van der Waals surface area contributed by atoms with Gasteiger partial charge in [0.15, 0.2) is 0 Å². The van der Waals surface area contributed by atoms with Gasteiger partial charge in [0.2, 0.25) is 0 Å². The molecule has 0 atom stereocenters. The van der Waals surface area contributed by atoms with Crippen LogP contribution in [0.15, 0.2) is 78.9 Å². The Balaban J connectivity index is 1.64. The quantitative estimate of drug-likeness (QED) is 0.321. The Morgan fingerprint density at radius 1 is 0.778 bits per heavy atom. The van der Waals surface area contributed by atoms with E-state index in [2.05, 4.69) is 35.6 Å². The van der Waals surface area contributed by atoms with Gasteiger partial charge in [-0.05, 0) is 28.3 Å². The Morgan fingerprint density at radius 2 is 1.48 bits per heavy atom. The van der Waals surface area contributed by atoms with Gasteiger partial charge in [0.05, 0.1) is 5.02 Å². The molecule has 5 rings (SSSR count). The highest BCUT2D eigenvalue weighted by atomic mass is 35.5. The number of carbonyl (C=O) groups excluding carboxylic acids is 1. The molecule has 1 N–H and O–H groups in total. The molecule has 4 aromatic carbocycles. The van der Waals surface area contributed by atoms with Crippen LogP contribution in [0.25, 0.3) is 31.6 Å². The third kappa shape index (κ3) is 2.67. The summed E-state index contributed by atoms with van der Waals surface area (Å²) in [6.07, 6.45) is 0. The molecule has 0 spiro atoms. The van der Waals surface area contributed by atoms with Gasteiger partial charge >= 0.3 is 0 Å². The molecule has 0 aliphatic carbocycles. The number of amides is 1. The number of thiophene rings is 1. The van der Waals surface area contributed by atoms with Gasteiger partial charge in [-0.15, -0.1) is 11.3 Å². The van der Waals surface area contributed by atoms with Crippen LogP contribution in [0.5, 0.6) is 0 Å². The number of carbonyl (C=O) groups is 1. The Hall–Kier alpha value is -2.88. The van der Waals surface area contributed by atoms with Gasteiger partial charge in [0, 0.05) is 21.2 Å². The lowest BCUT2D eigenvalue weighted by atomic mass is 10.0. The summed E-state index contributed by atoms with van der Waals surface area (Å²) in [6.45, 7) is 0. The fourth-order valence-electron chi connectivity index (χ4n) is 3.50. The van der Waals surface area contributed by atoms with Crippen molar-refractivity contribution in [2.75, 3.05) is 5.32 Å². The number of nitrogens with one attached hydrogen (secondary N) is 1. The highest BCUT2D eigenvalue weighted by Gasteiger charge is 2.18. The lowest BCUT2D eigenvalue weighted by molar-refractivity contribution is 0.103. The molecule has 2 nitrogen and oxygen atoms in total. The summed E-state index contributed by atoms with van der Waals surface area (Å²) in [6, 6.07) is 26.1. The van der Waals surface area contributed by atoms with Gasteiger partial charge in [-0.2, -0.15) is 0 Å². The number of benzene rings is 4. The maximum absolute atomic E-state index is 13.0. The molecule has 1 aromatic heterocycles. The maximum atomic E-state index is 13.0. The highest BCUT2D eigenvalue weighted by Crippen LogP contribution is 2.37. The first kappa shape index (κ1) is 16.3. The van der Waals surface area contributed by atoms with E-state index in [0.29, 0.717) is 9.90 Å². The molecule has 0 bridgehead atoms. The van der Waals surface area contributed by atoms with Crippen LogP contribution in [-0.2, 0) is 0 Å². The molecule has 5 aromatic rings. The molecular formula is C23H14ClNOS. The van der Waals surface area contributed by atoms with Gasteiger partial charge < -0.3 is 5.32 Å². The molecule has 0 unspecified atom stereocenters. The van der Waals surface area contributed by atoms with Crippen LogP contribution in [0.2, 0.25) is 5.02 Å². The zero-order chi connectivity index (χ0) is 18.4. The van der Waals surface area contributed by atoms with Crippen molar-refractivity contribution in [3.63, 3.8) is 0 Å². The average molecular weight is 388 g/mol. The van der Waals surface area contributed by atoms with Gasteiger partial charge in [0.25, 0.3) is 5.91 Å². The summed E-state index contributed by atoms with van der Waals surface area (Å²) >= 11 is 7.90. The number of fused-ring (bicyclic) bond motifs is 4. The molecule has 1 heterocycles. The molecule has 130 valence electrons. The molecule has 1 amide bonds. The minimum atomic E-state index is -0.179. The fraction of sp³-hybridized carbons (Fsp3) is 0. The van der Waals surface area contributed by atoms with E-state index in [1.807, 2.05) is 48.5 Å². The topological polar surface area (TPSA) is 29.1 Å². The molecule has 0 aliphatic heterocycles. The second-order valence-corrected chi connectivity index (χ2v) is 7.82. The summed E-state index contributed by atoms with van der Waals surface area (Å²) in [4.78, 5) is 13.5. The minimum absolute atomic E-state index is 0.179. The second-order valence-electron chi connectivity index (χ2n) is 6.39. The van der Waals surface area contributed by atoms with Gasteiger partial charge in [-0.1, -0.05) is 78.3 Å². The Kier molecular flexibility index (Phi) is 3.85. The van der Waals surface area contributed by atoms with E-state index in [-0.39, 0.29) is 5.91 Å². The number of anilines is 1. The van der Waals surface area contributed by atoms with Crippen LogP contribution >= 0.6 is 22.9 Å². The van der Waals surface area contributed by atoms with E-state index < -0.39 is 0 Å². The van der Waals surface area contributed by atoms with Crippen molar-refractivity contribution in [1.82, 2.24) is 0 Å². The van der Waals surface area contributed by atoms with Crippen LogP contribution in [0.1, 0.15) is 9.67 Å². The molecular weight excluding hydrogens is 374 g/mol. The molecule has 0 saturated heterocycles. The van der Waals surface area contributed by atoms with Crippen molar-refractivity contribution in [2.24, 2.45) is 0 Å². The van der Waals surface area contributed by atoms with E-state index in [0.717, 1.165) is 37.3 Å². The molecule has 0 aliphatic rings. The lowest BCUT2D eigenvalue weighted by Crippen LogP contribution is -2.11. The Morgan fingerprint density at radius 3 is 2.33 bits per heavy atom. The largest absolute Gasteiger partial charge is 0.321 e. The van der Waals surface area contributed by atoms with Crippen molar-refractivity contribution in [3.05, 3.63) is 88.8 Å². The van der Waals surface area contributed by atoms with E-state index in [1.54, 1.807) is 0 Å². The van der Waals surface area contributed by atoms with Gasteiger partial charge in [-0.25, -0.2) is 0 Å². The van der Waals surface area contributed by atoms with Crippen molar-refractivity contribution in [3.8, 4) is 0 Å². The van der Waals surface area contributed by atoms with Crippen molar-refractivity contribution >= 4 is 66.2 Å². The van der Waals surface area contributed by atoms with E-state index in [9.17, 15) is 4.79 Å². The Labute approximate surface area is 165 Å². The number of hydrogen-bond donors (Lipinski definition) is 1. The predicted octanol–water partition coefficient (Wildman–Crippen LogP) is 7.11. The summed E-state index contributed by atoms with van der Waals surface area (Å²) in [5.41, 5.74) is 0.794. The SMILES string of the molecule is O=C(Nc1cccc2ccc3ccccc3c12)c1sc2ccccc2c1Cl. The monoisotopic (exact) mass is 387 g/mol. The summed E-state index contributed by atoms with van der Waals surface area (Å²) in [5.74, 6) is -0.179. The third-order valence-corrected chi connectivity index (χ3v) is 6.43. The van der Waals surface area contributed by atoms with E-state index >= 15 is 0 Å². The number of rotatable bonds is 2. The van der Waals surface area contributed by atoms with Crippen LogP contribution in [0.3, 0.4) is 0 Å². The molecule has 0 radical (unpaired) electrons. The first-order chi connectivity index (χ1) is 13.2. The van der Waals surface area contributed by atoms with Crippen LogP contribution < -0.4 is 5.32 Å². The lowest BCUT2D eigenvalue weighted by Gasteiger charge is -2.11. The molecule has 27 heavy (non-hydrogen) atoms. The smallest absolute Gasteiger partial charge is 0.267 e. The Bertz CT molecular complexity index is 1340. The van der Waals surface area contributed by atoms with Crippen molar-refractivity contribution in [2.45, 2.75) is 0 Å². The van der Waals surface area contributed by atoms with Gasteiger partial charge in [0.1, 0.15) is 4.88 Å². The molecule has 0 fully saturated rings. The van der Waals surface area contributed by atoms with E-state index in [4.69, 9.17) is 11.6 Å². The minimum Gasteiger partial charge on any atom is -0.321 e. The van der Waals surface area contributed by atoms with Crippen LogP contribution in [0, 0.1) is 0 Å². The molecule has 0 saturated carbocycles. The standard InChI is InChI=1S/C23H14ClNOS/c24-21-17-9-3-4-11-19(17)27-22(21)23(26)25-18-10-5-7-15-13-12-14-6-1-2-8-16(14)20(15)18/h1-13H,(H,25,26). The zero-order valence-electron chi connectivity index (χ0n) is 14.2. The summed E-state index contributed by atoms with van der Waals surface area (Å²) < 4.78 is 1.01. The summed E-state index contributed by atoms with van der Waals surface area (Å²) in [5, 5.41) is 8.91. The van der Waals surface area contributed by atoms with E-state index in [1.165, 1.54) is 11.3 Å². The number of hydrogen-bond acceptors (Lipinski definition) is 2. The first-order valence-corrected chi connectivity index (χ1v) is 9.81. The van der Waals surface area contributed by atoms with Crippen molar-refractivity contribution in [1.29, 1.82) is 0 Å². The predicted molar refractivity (Wildman–Crippen MR) is 116 cm³/mol. The normalized spacial score (nSPS) is 11.3. The van der Waals surface area contributed by atoms with Gasteiger partial charge in [-0.3, -0.25) is 4.79 Å². The van der Waals surface area contributed by atoms with Crippen LogP contribution in [0.4, 0.5) is 5.69 Å². The first-order valence-electron chi connectivity index (χ1n) is 8.61.